The summed E-state index contributed by atoms with van der Waals surface area (Å²) >= 11 is 0. The Morgan fingerprint density at radius 1 is 1.00 bits per heavy atom. The number of ether oxygens (including phenoxy) is 1. The first kappa shape index (κ1) is 22.3. The SMILES string of the molecule is COc1cc([C@@H]2[C@@H]3C(=O)N(c4ccc(F)cc4)C(=O)[C@@H]3ON2c2ccc([N+](=O)[O-])cc2)ccc1O. The molecule has 10 nitrogen and oxygen atoms in total. The van der Waals surface area contributed by atoms with Gasteiger partial charge in [0.2, 0.25) is 5.91 Å². The van der Waals surface area contributed by atoms with Gasteiger partial charge in [0.15, 0.2) is 17.6 Å². The second kappa shape index (κ2) is 8.37. The van der Waals surface area contributed by atoms with Crippen molar-refractivity contribution in [2.45, 2.75) is 12.1 Å². The summed E-state index contributed by atoms with van der Waals surface area (Å²) in [5.74, 6) is -2.63. The lowest BCUT2D eigenvalue weighted by Gasteiger charge is -2.29. The van der Waals surface area contributed by atoms with Crippen LogP contribution in [0.25, 0.3) is 0 Å². The molecule has 5 rings (SSSR count). The number of aromatic hydroxyl groups is 1. The number of nitro benzene ring substituents is 1. The van der Waals surface area contributed by atoms with E-state index in [-0.39, 0.29) is 22.9 Å². The summed E-state index contributed by atoms with van der Waals surface area (Å²) in [6, 6.07) is 14.1. The van der Waals surface area contributed by atoms with Crippen LogP contribution in [-0.4, -0.2) is 35.1 Å². The molecule has 35 heavy (non-hydrogen) atoms. The molecule has 3 aromatic carbocycles. The van der Waals surface area contributed by atoms with E-state index in [9.17, 15) is 29.2 Å². The largest absolute Gasteiger partial charge is 0.504 e. The van der Waals surface area contributed by atoms with E-state index in [2.05, 4.69) is 0 Å². The van der Waals surface area contributed by atoms with E-state index in [0.717, 1.165) is 17.0 Å². The number of rotatable bonds is 5. The van der Waals surface area contributed by atoms with Crippen LogP contribution in [0.5, 0.6) is 11.5 Å². The van der Waals surface area contributed by atoms with Gasteiger partial charge in [-0.2, -0.15) is 0 Å². The second-order valence-corrected chi connectivity index (χ2v) is 8.02. The first-order chi connectivity index (χ1) is 16.8. The lowest BCUT2D eigenvalue weighted by molar-refractivity contribution is -0.384. The van der Waals surface area contributed by atoms with E-state index in [0.29, 0.717) is 11.3 Å². The molecule has 3 atom stereocenters. The molecule has 0 aromatic heterocycles. The Balaban J connectivity index is 1.59. The third kappa shape index (κ3) is 3.62. The summed E-state index contributed by atoms with van der Waals surface area (Å²) in [4.78, 5) is 44.3. The molecule has 11 heteroatoms. The van der Waals surface area contributed by atoms with Crippen molar-refractivity contribution >= 4 is 28.9 Å². The van der Waals surface area contributed by atoms with E-state index < -0.39 is 40.6 Å². The third-order valence-electron chi connectivity index (χ3n) is 6.06. The van der Waals surface area contributed by atoms with Gasteiger partial charge in [-0.1, -0.05) is 6.07 Å². The fraction of sp³-hybridized carbons (Fsp3) is 0.167. The van der Waals surface area contributed by atoms with E-state index in [1.54, 1.807) is 6.07 Å². The van der Waals surface area contributed by atoms with Crippen LogP contribution in [0.4, 0.5) is 21.5 Å². The lowest BCUT2D eigenvalue weighted by Crippen LogP contribution is -2.37. The molecule has 0 radical (unpaired) electrons. The Hall–Kier alpha value is -4.51. The van der Waals surface area contributed by atoms with Gasteiger partial charge in [0.1, 0.15) is 11.7 Å². The number of anilines is 2. The summed E-state index contributed by atoms with van der Waals surface area (Å²) in [5, 5.41) is 22.5. The number of phenols is 1. The number of hydroxylamine groups is 1. The first-order valence-electron chi connectivity index (χ1n) is 10.5. The fourth-order valence-electron chi connectivity index (χ4n) is 4.42. The topological polar surface area (TPSA) is 122 Å². The van der Waals surface area contributed by atoms with Gasteiger partial charge in [-0.15, -0.1) is 0 Å². The van der Waals surface area contributed by atoms with Gasteiger partial charge in [0.05, 0.1) is 29.4 Å². The van der Waals surface area contributed by atoms with Crippen LogP contribution in [0.2, 0.25) is 0 Å². The molecule has 0 spiro atoms. The monoisotopic (exact) mass is 479 g/mol. The van der Waals surface area contributed by atoms with Crippen molar-refractivity contribution < 1.29 is 33.6 Å². The average molecular weight is 479 g/mol. The zero-order chi connectivity index (χ0) is 24.9. The molecular formula is C24H18FN3O7. The van der Waals surface area contributed by atoms with Gasteiger partial charge >= 0.3 is 0 Å². The Morgan fingerprint density at radius 3 is 2.29 bits per heavy atom. The number of halogens is 1. The van der Waals surface area contributed by atoms with E-state index in [1.165, 1.54) is 60.7 Å². The van der Waals surface area contributed by atoms with Crippen molar-refractivity contribution in [2.75, 3.05) is 17.1 Å². The Labute approximate surface area is 197 Å². The van der Waals surface area contributed by atoms with Gasteiger partial charge in [0, 0.05) is 12.1 Å². The second-order valence-electron chi connectivity index (χ2n) is 8.02. The summed E-state index contributed by atoms with van der Waals surface area (Å²) in [7, 11) is 1.38. The molecule has 0 bridgehead atoms. The molecule has 2 aliphatic rings. The summed E-state index contributed by atoms with van der Waals surface area (Å²) in [6.07, 6.45) is -1.19. The van der Waals surface area contributed by atoms with Gasteiger partial charge < -0.3 is 9.84 Å². The highest BCUT2D eigenvalue weighted by Gasteiger charge is 2.60. The number of imide groups is 1. The molecule has 178 valence electrons. The molecule has 2 aliphatic heterocycles. The van der Waals surface area contributed by atoms with E-state index in [4.69, 9.17) is 9.57 Å². The van der Waals surface area contributed by atoms with Crippen molar-refractivity contribution in [1.29, 1.82) is 0 Å². The molecule has 0 saturated carbocycles. The number of nitro groups is 1. The number of fused-ring (bicyclic) bond motifs is 1. The van der Waals surface area contributed by atoms with Crippen LogP contribution in [0.1, 0.15) is 11.6 Å². The Bertz CT molecular complexity index is 1330. The Morgan fingerprint density at radius 2 is 1.66 bits per heavy atom. The number of carbonyl (C=O) groups excluding carboxylic acids is 2. The smallest absolute Gasteiger partial charge is 0.269 e. The molecule has 2 saturated heterocycles. The zero-order valence-electron chi connectivity index (χ0n) is 18.2. The maximum absolute atomic E-state index is 13.5. The van der Waals surface area contributed by atoms with Crippen LogP contribution < -0.4 is 14.7 Å². The fourth-order valence-corrected chi connectivity index (χ4v) is 4.42. The average Bonchev–Trinajstić information content (AvgIpc) is 3.36. The predicted octanol–water partition coefficient (Wildman–Crippen LogP) is 3.50. The van der Waals surface area contributed by atoms with Crippen molar-refractivity contribution in [3.05, 3.63) is 88.2 Å². The minimum absolute atomic E-state index is 0.115. The maximum atomic E-state index is 13.5. The summed E-state index contributed by atoms with van der Waals surface area (Å²) < 4.78 is 18.6. The van der Waals surface area contributed by atoms with E-state index >= 15 is 0 Å². The molecule has 2 amide bonds. The molecule has 1 N–H and O–H groups in total. The number of hydrogen-bond donors (Lipinski definition) is 1. The minimum atomic E-state index is -1.19. The number of phenolic OH excluding ortho intramolecular Hbond substituents is 1. The number of methoxy groups -OCH3 is 1. The van der Waals surface area contributed by atoms with Gasteiger partial charge in [0.25, 0.3) is 11.6 Å². The van der Waals surface area contributed by atoms with Gasteiger partial charge in [-0.3, -0.25) is 24.5 Å². The highest BCUT2D eigenvalue weighted by molar-refractivity contribution is 6.23. The number of nitrogens with zero attached hydrogens (tertiary/aromatic N) is 3. The zero-order valence-corrected chi connectivity index (χ0v) is 18.2. The maximum Gasteiger partial charge on any atom is 0.269 e. The summed E-state index contributed by atoms with van der Waals surface area (Å²) in [5.41, 5.74) is 0.970. The molecular weight excluding hydrogens is 461 g/mol. The van der Waals surface area contributed by atoms with Crippen LogP contribution in [-0.2, 0) is 14.4 Å². The normalized spacial score (nSPS) is 21.4. The van der Waals surface area contributed by atoms with Crippen molar-refractivity contribution in [3.63, 3.8) is 0 Å². The molecule has 2 fully saturated rings. The highest BCUT2D eigenvalue weighted by atomic mass is 19.1. The Kier molecular flexibility index (Phi) is 5.33. The van der Waals surface area contributed by atoms with Gasteiger partial charge in [-0.05, 0) is 54.1 Å². The van der Waals surface area contributed by atoms with Crippen LogP contribution >= 0.6 is 0 Å². The van der Waals surface area contributed by atoms with Crippen molar-refractivity contribution in [1.82, 2.24) is 0 Å². The van der Waals surface area contributed by atoms with Crippen molar-refractivity contribution in [2.24, 2.45) is 5.92 Å². The van der Waals surface area contributed by atoms with Crippen LogP contribution in [0, 0.1) is 21.8 Å². The molecule has 0 unspecified atom stereocenters. The first-order valence-corrected chi connectivity index (χ1v) is 10.5. The van der Waals surface area contributed by atoms with Crippen molar-refractivity contribution in [3.8, 4) is 11.5 Å². The van der Waals surface area contributed by atoms with E-state index in [1.807, 2.05) is 0 Å². The number of amides is 2. The summed E-state index contributed by atoms with van der Waals surface area (Å²) in [6.45, 7) is 0. The molecule has 3 aromatic rings. The standard InChI is InChI=1S/C24H18FN3O7/c1-34-19-12-13(2-11-18(19)29)21-20-22(35-27(21)16-7-9-17(10-8-16)28(32)33)24(31)26(23(20)30)15-5-3-14(25)4-6-15/h2-12,20-22,29H,1H3/t20-,21+,22+/m0/s1. The minimum Gasteiger partial charge on any atom is -0.504 e. The molecule has 2 heterocycles. The lowest BCUT2D eigenvalue weighted by atomic mass is 9.90. The molecule has 0 aliphatic carbocycles. The number of carbonyl (C=O) groups is 2. The number of non-ortho nitro benzene ring substituents is 1. The third-order valence-corrected chi connectivity index (χ3v) is 6.06. The quantitative estimate of drug-likeness (QED) is 0.335. The van der Waals surface area contributed by atoms with Crippen LogP contribution in [0.3, 0.4) is 0 Å². The number of benzene rings is 3. The number of hydrogen-bond acceptors (Lipinski definition) is 8. The van der Waals surface area contributed by atoms with Crippen LogP contribution in [0.15, 0.2) is 66.7 Å². The predicted molar refractivity (Wildman–Crippen MR) is 120 cm³/mol. The van der Waals surface area contributed by atoms with Gasteiger partial charge in [-0.25, -0.2) is 14.4 Å². The highest BCUT2D eigenvalue weighted by Crippen LogP contribution is 2.48.